The average Bonchev–Trinajstić information content (AvgIpc) is 2.57. The number of rotatable bonds is 8. The molecule has 1 aliphatic carbocycles. The van der Waals surface area contributed by atoms with Crippen LogP contribution in [0, 0.1) is 11.8 Å². The zero-order valence-corrected chi connectivity index (χ0v) is 19.4. The van der Waals surface area contributed by atoms with Crippen molar-refractivity contribution in [2.24, 2.45) is 16.8 Å². The minimum absolute atomic E-state index is 0. The molecule has 2 fully saturated rings. The maximum absolute atomic E-state index is 12.1. The minimum Gasteiger partial charge on any atom is -0.466 e. The van der Waals surface area contributed by atoms with Crippen LogP contribution in [0.25, 0.3) is 0 Å². The molecular formula is C17H33IN4O4S. The number of nitrogens with zero attached hydrogens (tertiary/aromatic N) is 2. The van der Waals surface area contributed by atoms with E-state index in [1.165, 1.54) is 6.42 Å². The third-order valence-corrected chi connectivity index (χ3v) is 6.37. The van der Waals surface area contributed by atoms with Crippen LogP contribution in [-0.4, -0.2) is 70.8 Å². The number of hydrogen-bond acceptors (Lipinski definition) is 5. The van der Waals surface area contributed by atoms with Crippen LogP contribution in [0.4, 0.5) is 0 Å². The summed E-state index contributed by atoms with van der Waals surface area (Å²) in [6.07, 6.45) is 5.12. The monoisotopic (exact) mass is 516 g/mol. The standard InChI is InChI=1S/C17H32N4O4S.HI/c1-3-25-16(22)15-8-5-10-21(13-15)17(18-2)19-9-11-26(23,24)20-12-14-6-4-7-14;/h14-15,20H,3-13H2,1-2H3,(H,18,19);1H. The smallest absolute Gasteiger partial charge is 0.310 e. The molecule has 0 aromatic heterocycles. The summed E-state index contributed by atoms with van der Waals surface area (Å²) in [6, 6.07) is 0. The van der Waals surface area contributed by atoms with Gasteiger partial charge in [0.1, 0.15) is 0 Å². The molecule has 1 heterocycles. The molecule has 10 heteroatoms. The van der Waals surface area contributed by atoms with E-state index < -0.39 is 10.0 Å². The van der Waals surface area contributed by atoms with Crippen molar-refractivity contribution in [1.82, 2.24) is 14.9 Å². The molecule has 0 aromatic carbocycles. The predicted octanol–water partition coefficient (Wildman–Crippen LogP) is 1.17. The molecule has 0 bridgehead atoms. The Morgan fingerprint density at radius 2 is 2.00 bits per heavy atom. The van der Waals surface area contributed by atoms with Crippen molar-refractivity contribution in [3.63, 3.8) is 0 Å². The highest BCUT2D eigenvalue weighted by atomic mass is 127. The Kier molecular flexibility index (Phi) is 10.9. The fourth-order valence-electron chi connectivity index (χ4n) is 3.27. The first-order valence-corrected chi connectivity index (χ1v) is 11.2. The Balaban J connectivity index is 0.00000364. The van der Waals surface area contributed by atoms with Gasteiger partial charge >= 0.3 is 5.97 Å². The molecule has 158 valence electrons. The largest absolute Gasteiger partial charge is 0.466 e. The van der Waals surface area contributed by atoms with E-state index in [1.54, 1.807) is 14.0 Å². The van der Waals surface area contributed by atoms with Crippen LogP contribution in [0.3, 0.4) is 0 Å². The molecule has 2 rings (SSSR count). The van der Waals surface area contributed by atoms with E-state index in [0.29, 0.717) is 31.6 Å². The van der Waals surface area contributed by atoms with Crippen LogP contribution in [0.15, 0.2) is 4.99 Å². The van der Waals surface area contributed by atoms with Crippen molar-refractivity contribution in [1.29, 1.82) is 0 Å². The summed E-state index contributed by atoms with van der Waals surface area (Å²) in [5.41, 5.74) is 0. The number of likely N-dealkylation sites (tertiary alicyclic amines) is 1. The van der Waals surface area contributed by atoms with Crippen LogP contribution in [0.5, 0.6) is 0 Å². The van der Waals surface area contributed by atoms with Gasteiger partial charge < -0.3 is 15.0 Å². The number of hydrogen-bond donors (Lipinski definition) is 2. The van der Waals surface area contributed by atoms with E-state index in [0.717, 1.165) is 32.2 Å². The Morgan fingerprint density at radius 3 is 2.59 bits per heavy atom. The summed E-state index contributed by atoms with van der Waals surface area (Å²) in [6.45, 7) is 4.36. The number of carbonyl (C=O) groups is 1. The van der Waals surface area contributed by atoms with E-state index in [9.17, 15) is 13.2 Å². The van der Waals surface area contributed by atoms with Crippen molar-refractivity contribution in [3.05, 3.63) is 0 Å². The zero-order valence-electron chi connectivity index (χ0n) is 16.3. The van der Waals surface area contributed by atoms with Crippen LogP contribution >= 0.6 is 24.0 Å². The number of guanidine groups is 1. The van der Waals surface area contributed by atoms with Gasteiger partial charge in [-0.05, 0) is 38.5 Å². The summed E-state index contributed by atoms with van der Waals surface area (Å²) >= 11 is 0. The first-order valence-electron chi connectivity index (χ1n) is 9.54. The fourth-order valence-corrected chi connectivity index (χ4v) is 4.27. The first-order chi connectivity index (χ1) is 12.4. The average molecular weight is 516 g/mol. The van der Waals surface area contributed by atoms with Gasteiger partial charge in [-0.2, -0.15) is 0 Å². The Labute approximate surface area is 180 Å². The number of halogens is 1. The molecule has 1 aliphatic heterocycles. The fraction of sp³-hybridized carbons (Fsp3) is 0.882. The molecule has 27 heavy (non-hydrogen) atoms. The highest BCUT2D eigenvalue weighted by molar-refractivity contribution is 14.0. The lowest BCUT2D eigenvalue weighted by molar-refractivity contribution is -0.149. The van der Waals surface area contributed by atoms with E-state index in [-0.39, 0.29) is 48.2 Å². The lowest BCUT2D eigenvalue weighted by Gasteiger charge is -2.34. The van der Waals surface area contributed by atoms with Gasteiger partial charge in [-0.3, -0.25) is 9.79 Å². The van der Waals surface area contributed by atoms with Crippen molar-refractivity contribution < 1.29 is 17.9 Å². The maximum atomic E-state index is 12.1. The molecule has 1 saturated carbocycles. The van der Waals surface area contributed by atoms with Crippen molar-refractivity contribution in [3.8, 4) is 0 Å². The summed E-state index contributed by atoms with van der Waals surface area (Å²) in [5, 5.41) is 3.11. The van der Waals surface area contributed by atoms with Crippen molar-refractivity contribution in [2.45, 2.75) is 39.0 Å². The molecule has 1 saturated heterocycles. The van der Waals surface area contributed by atoms with Gasteiger partial charge in [0.15, 0.2) is 5.96 Å². The molecule has 1 atom stereocenters. The Bertz CT molecular complexity index is 596. The van der Waals surface area contributed by atoms with E-state index in [2.05, 4.69) is 15.0 Å². The number of esters is 1. The summed E-state index contributed by atoms with van der Waals surface area (Å²) in [4.78, 5) is 18.2. The Morgan fingerprint density at radius 1 is 1.26 bits per heavy atom. The van der Waals surface area contributed by atoms with Gasteiger partial charge in [0.05, 0.1) is 18.3 Å². The highest BCUT2D eigenvalue weighted by Crippen LogP contribution is 2.25. The van der Waals surface area contributed by atoms with Crippen LogP contribution in [-0.2, 0) is 19.6 Å². The van der Waals surface area contributed by atoms with Gasteiger partial charge in [-0.1, -0.05) is 6.42 Å². The van der Waals surface area contributed by atoms with Gasteiger partial charge in [-0.25, -0.2) is 13.1 Å². The zero-order chi connectivity index (χ0) is 19.0. The molecular weight excluding hydrogens is 483 g/mol. The maximum Gasteiger partial charge on any atom is 0.310 e. The molecule has 1 unspecified atom stereocenters. The van der Waals surface area contributed by atoms with Crippen molar-refractivity contribution in [2.75, 3.05) is 45.6 Å². The third-order valence-electron chi connectivity index (χ3n) is 5.02. The molecule has 0 spiro atoms. The number of carbonyl (C=O) groups excluding carboxylic acids is 1. The molecule has 0 aromatic rings. The third kappa shape index (κ3) is 8.10. The van der Waals surface area contributed by atoms with E-state index in [4.69, 9.17) is 4.74 Å². The van der Waals surface area contributed by atoms with Gasteiger partial charge in [0.2, 0.25) is 10.0 Å². The summed E-state index contributed by atoms with van der Waals surface area (Å²) in [7, 11) is -1.61. The predicted molar refractivity (Wildman–Crippen MR) is 117 cm³/mol. The van der Waals surface area contributed by atoms with Crippen LogP contribution < -0.4 is 10.0 Å². The van der Waals surface area contributed by atoms with E-state index in [1.807, 2.05) is 4.90 Å². The summed E-state index contributed by atoms with van der Waals surface area (Å²) in [5.74, 6) is 0.811. The van der Waals surface area contributed by atoms with E-state index >= 15 is 0 Å². The number of aliphatic imine (C=N–C) groups is 1. The Hall–Kier alpha value is -0.620. The lowest BCUT2D eigenvalue weighted by Crippen LogP contribution is -2.49. The second kappa shape index (κ2) is 12.1. The minimum atomic E-state index is -3.28. The normalized spacial score (nSPS) is 21.2. The van der Waals surface area contributed by atoms with Crippen LogP contribution in [0.2, 0.25) is 0 Å². The molecule has 2 N–H and O–H groups in total. The second-order valence-electron chi connectivity index (χ2n) is 6.98. The van der Waals surface area contributed by atoms with Gasteiger partial charge in [-0.15, -0.1) is 24.0 Å². The molecule has 2 aliphatic rings. The van der Waals surface area contributed by atoms with Gasteiger partial charge in [0.25, 0.3) is 0 Å². The topological polar surface area (TPSA) is 100 Å². The summed E-state index contributed by atoms with van der Waals surface area (Å²) < 4.78 is 31.9. The highest BCUT2D eigenvalue weighted by Gasteiger charge is 2.28. The molecule has 0 amide bonds. The molecule has 0 radical (unpaired) electrons. The number of sulfonamides is 1. The first kappa shape index (κ1) is 24.4. The second-order valence-corrected chi connectivity index (χ2v) is 8.90. The quantitative estimate of drug-likeness (QED) is 0.218. The number of ether oxygens (including phenoxy) is 1. The van der Waals surface area contributed by atoms with Gasteiger partial charge in [0, 0.05) is 33.2 Å². The number of piperidine rings is 1. The molecule has 8 nitrogen and oxygen atoms in total. The lowest BCUT2D eigenvalue weighted by atomic mass is 9.86. The SMILES string of the molecule is CCOC(=O)C1CCCN(C(=NC)NCCS(=O)(=O)NCC2CCC2)C1.I. The van der Waals surface area contributed by atoms with Crippen LogP contribution in [0.1, 0.15) is 39.0 Å². The number of nitrogens with one attached hydrogen (secondary N) is 2. The van der Waals surface area contributed by atoms with Crippen molar-refractivity contribution >= 4 is 45.9 Å².